The third kappa shape index (κ3) is 6.52. The molecule has 2 aliphatic rings. The zero-order chi connectivity index (χ0) is 22.7. The number of likely N-dealkylation sites (N-methyl/N-ethyl adjacent to an activating group) is 2. The van der Waals surface area contributed by atoms with Gasteiger partial charge in [0.15, 0.2) is 0 Å². The van der Waals surface area contributed by atoms with E-state index in [0.29, 0.717) is 36.2 Å². The minimum Gasteiger partial charge on any atom is -0.389 e. The number of hydrogen-bond donors (Lipinski definition) is 2. The number of amides is 3. The lowest BCUT2D eigenvalue weighted by molar-refractivity contribution is -0.136. The largest absolute Gasteiger partial charge is 0.389 e. The topological polar surface area (TPSA) is 106 Å². The minimum atomic E-state index is -0.304. The number of nitrogen functional groups attached to an aromatic ring is 1. The molecule has 3 atom stereocenters. The highest BCUT2D eigenvalue weighted by molar-refractivity contribution is 7.16. The predicted octanol–water partition coefficient (Wildman–Crippen LogP) is 2.59. The molecule has 11 heteroatoms. The summed E-state index contributed by atoms with van der Waals surface area (Å²) in [6.45, 7) is 4.28. The maximum Gasteiger partial charge on any atom is 0.324 e. The molecule has 3 N–H and O–H groups in total. The first-order valence-electron chi connectivity index (χ1n) is 11.0. The molecular formula is C22H36Cl2N6O2S. The molecule has 33 heavy (non-hydrogen) atoms. The first-order chi connectivity index (χ1) is 14.8. The molecule has 1 fully saturated rings. The molecule has 186 valence electrons. The van der Waals surface area contributed by atoms with Crippen LogP contribution in [-0.4, -0.2) is 80.0 Å². The van der Waals surface area contributed by atoms with Gasteiger partial charge in [0.25, 0.3) is 0 Å². The van der Waals surface area contributed by atoms with Crippen molar-refractivity contribution in [3.63, 3.8) is 0 Å². The molecule has 1 aliphatic heterocycles. The van der Waals surface area contributed by atoms with Crippen LogP contribution < -0.4 is 11.1 Å². The molecule has 8 nitrogen and oxygen atoms in total. The normalized spacial score (nSPS) is 21.6. The van der Waals surface area contributed by atoms with Crippen LogP contribution >= 0.6 is 36.2 Å². The van der Waals surface area contributed by atoms with Gasteiger partial charge in [-0.05, 0) is 58.3 Å². The van der Waals surface area contributed by atoms with Crippen LogP contribution in [0.3, 0.4) is 0 Å². The van der Waals surface area contributed by atoms with Crippen molar-refractivity contribution >= 4 is 53.1 Å². The van der Waals surface area contributed by atoms with Crippen LogP contribution in [0.2, 0.25) is 0 Å². The summed E-state index contributed by atoms with van der Waals surface area (Å²) in [5.41, 5.74) is 7.75. The summed E-state index contributed by atoms with van der Waals surface area (Å²) in [4.78, 5) is 33.0. The second kappa shape index (κ2) is 12.8. The van der Waals surface area contributed by atoms with Crippen molar-refractivity contribution in [3.05, 3.63) is 16.0 Å². The minimum absolute atomic E-state index is 0. The van der Waals surface area contributed by atoms with E-state index in [0.717, 1.165) is 37.8 Å². The van der Waals surface area contributed by atoms with Crippen molar-refractivity contribution in [1.29, 1.82) is 5.26 Å². The summed E-state index contributed by atoms with van der Waals surface area (Å²) in [6, 6.07) is 2.30. The number of carbonyl (C=O) groups is 2. The molecule has 1 aliphatic carbocycles. The second-order valence-corrected chi connectivity index (χ2v) is 10.1. The van der Waals surface area contributed by atoms with Gasteiger partial charge in [-0.3, -0.25) is 9.69 Å². The fourth-order valence-corrected chi connectivity index (χ4v) is 5.99. The third-order valence-corrected chi connectivity index (χ3v) is 7.52. The zero-order valence-electron chi connectivity index (χ0n) is 19.8. The Morgan fingerprint density at radius 3 is 2.58 bits per heavy atom. The second-order valence-electron chi connectivity index (χ2n) is 8.99. The lowest BCUT2D eigenvalue weighted by atomic mass is 9.74. The van der Waals surface area contributed by atoms with E-state index in [9.17, 15) is 14.9 Å². The van der Waals surface area contributed by atoms with Gasteiger partial charge in [0.05, 0.1) is 11.5 Å². The molecule has 2 heterocycles. The molecule has 3 rings (SSSR count). The van der Waals surface area contributed by atoms with E-state index in [4.69, 9.17) is 5.73 Å². The Hall–Kier alpha value is -1.57. The molecule has 1 aromatic rings. The number of piperidine rings is 1. The molecule has 1 saturated heterocycles. The van der Waals surface area contributed by atoms with Crippen LogP contribution in [0.1, 0.15) is 35.8 Å². The van der Waals surface area contributed by atoms with Crippen molar-refractivity contribution in [3.8, 4) is 6.07 Å². The molecule has 0 saturated carbocycles. The van der Waals surface area contributed by atoms with Crippen molar-refractivity contribution in [2.45, 2.75) is 38.6 Å². The van der Waals surface area contributed by atoms with E-state index < -0.39 is 0 Å². The summed E-state index contributed by atoms with van der Waals surface area (Å²) in [5, 5.41) is 13.0. The average Bonchev–Trinajstić information content (AvgIpc) is 3.03. The Balaban J connectivity index is 0.00000272. The summed E-state index contributed by atoms with van der Waals surface area (Å²) in [6.07, 6.45) is 3.11. The number of urea groups is 1. The van der Waals surface area contributed by atoms with E-state index in [-0.39, 0.29) is 48.6 Å². The average molecular weight is 520 g/mol. The fraction of sp³-hybridized carbons (Fsp3) is 0.682. The van der Waals surface area contributed by atoms with Gasteiger partial charge in [0.2, 0.25) is 5.91 Å². The van der Waals surface area contributed by atoms with E-state index in [1.807, 2.05) is 25.9 Å². The highest BCUT2D eigenvalue weighted by atomic mass is 35.5. The Labute approximate surface area is 213 Å². The molecule has 0 spiro atoms. The summed E-state index contributed by atoms with van der Waals surface area (Å²) in [7, 11) is 5.96. The van der Waals surface area contributed by atoms with E-state index >= 15 is 0 Å². The maximum atomic E-state index is 13.4. The van der Waals surface area contributed by atoms with Crippen molar-refractivity contribution in [2.24, 2.45) is 11.8 Å². The lowest BCUT2D eigenvalue weighted by Crippen LogP contribution is -2.55. The third-order valence-electron chi connectivity index (χ3n) is 6.44. The lowest BCUT2D eigenvalue weighted by Gasteiger charge is -2.45. The Kier molecular flexibility index (Phi) is 11.4. The van der Waals surface area contributed by atoms with E-state index in [1.165, 1.54) is 21.1 Å². The van der Waals surface area contributed by atoms with Gasteiger partial charge in [-0.25, -0.2) is 4.79 Å². The Morgan fingerprint density at radius 2 is 1.97 bits per heavy atom. The molecule has 0 unspecified atom stereocenters. The van der Waals surface area contributed by atoms with Crippen molar-refractivity contribution in [2.75, 3.05) is 53.1 Å². The number of nitrogens with one attached hydrogen (secondary N) is 1. The van der Waals surface area contributed by atoms with E-state index in [1.54, 1.807) is 0 Å². The number of imide groups is 1. The number of nitrogens with two attached hydrogens (primary N) is 1. The fourth-order valence-electron chi connectivity index (χ4n) is 4.89. The first-order valence-corrected chi connectivity index (χ1v) is 11.8. The van der Waals surface area contributed by atoms with Gasteiger partial charge in [-0.15, -0.1) is 36.2 Å². The van der Waals surface area contributed by atoms with Gasteiger partial charge in [0.1, 0.15) is 11.1 Å². The van der Waals surface area contributed by atoms with Crippen molar-refractivity contribution in [1.82, 2.24) is 20.0 Å². The summed E-state index contributed by atoms with van der Waals surface area (Å²) >= 11 is 1.53. The van der Waals surface area contributed by atoms with E-state index in [2.05, 4.69) is 23.3 Å². The molecule has 0 bridgehead atoms. The van der Waals surface area contributed by atoms with Crippen LogP contribution in [0.15, 0.2) is 0 Å². The predicted molar refractivity (Wildman–Crippen MR) is 137 cm³/mol. The number of nitrogens with zero attached hydrogens (tertiary/aromatic N) is 4. The van der Waals surface area contributed by atoms with Gasteiger partial charge in [0, 0.05) is 37.1 Å². The van der Waals surface area contributed by atoms with Gasteiger partial charge >= 0.3 is 6.03 Å². The summed E-state index contributed by atoms with van der Waals surface area (Å²) in [5.74, 6) is -0.0346. The van der Waals surface area contributed by atoms with Gasteiger partial charge in [-0.1, -0.05) is 6.92 Å². The Bertz CT molecular complexity index is 872. The molecule has 3 amide bonds. The van der Waals surface area contributed by atoms with Crippen LogP contribution in [0.5, 0.6) is 0 Å². The molecule has 0 aromatic carbocycles. The molecule has 0 radical (unpaired) electrons. The molecule has 1 aromatic heterocycles. The number of likely N-dealkylation sites (tertiary alicyclic amines) is 1. The highest BCUT2D eigenvalue weighted by Gasteiger charge is 2.43. The zero-order valence-corrected chi connectivity index (χ0v) is 22.2. The standard InChI is InChI=1S/C22H34N6O2S.2ClH/c1-5-7-28(22(30)25-6-8-26(2)3)21(29)15-9-14-10-16-17(12-23)20(24)31-19(16)11-18(14)27(4)13-15;;/h14-15,18H,5-11,13,24H2,1-4H3,(H,25,30);2*1H/t14-,15-,18-;;/m1../s1. The van der Waals surface area contributed by atoms with Crippen LogP contribution in [0, 0.1) is 23.2 Å². The Morgan fingerprint density at radius 1 is 1.27 bits per heavy atom. The first kappa shape index (κ1) is 29.5. The van der Waals surface area contributed by atoms with Crippen LogP contribution in [-0.2, 0) is 17.6 Å². The van der Waals surface area contributed by atoms with Crippen LogP contribution in [0.4, 0.5) is 9.80 Å². The van der Waals surface area contributed by atoms with Gasteiger partial charge in [-0.2, -0.15) is 5.26 Å². The monoisotopic (exact) mass is 518 g/mol. The number of fused-ring (bicyclic) bond motifs is 2. The number of hydrogen-bond acceptors (Lipinski definition) is 7. The maximum absolute atomic E-state index is 13.4. The highest BCUT2D eigenvalue weighted by Crippen LogP contribution is 2.42. The number of rotatable bonds is 6. The number of thiophene rings is 1. The number of halogens is 2. The summed E-state index contributed by atoms with van der Waals surface area (Å²) < 4.78 is 0. The number of carbonyl (C=O) groups excluding carboxylic acids is 2. The van der Waals surface area contributed by atoms with Gasteiger partial charge < -0.3 is 20.9 Å². The van der Waals surface area contributed by atoms with Crippen LogP contribution in [0.25, 0.3) is 0 Å². The molecular weight excluding hydrogens is 483 g/mol. The quantitative estimate of drug-likeness (QED) is 0.599. The number of anilines is 1. The smallest absolute Gasteiger partial charge is 0.324 e. The SMILES string of the molecule is CCCN(C(=O)NCCN(C)C)C(=O)[C@@H]1C[C@@H]2Cc3c(sc(N)c3C#N)C[C@H]2N(C)C1.Cl.Cl. The van der Waals surface area contributed by atoms with Crippen molar-refractivity contribution < 1.29 is 9.59 Å². The number of nitriles is 1.